The summed E-state index contributed by atoms with van der Waals surface area (Å²) in [5.74, 6) is -1.15. The molecular weight excluding hydrogens is 252 g/mol. The fraction of sp³-hybridized carbons (Fsp3) is 0. The Bertz CT molecular complexity index is 591. The molecule has 2 aromatic rings. The van der Waals surface area contributed by atoms with Gasteiger partial charge in [0, 0.05) is 17.8 Å². The maximum Gasteiger partial charge on any atom is 0.337 e. The number of halogens is 1. The molecule has 1 N–H and O–H groups in total. The van der Waals surface area contributed by atoms with Crippen molar-refractivity contribution in [1.29, 1.82) is 0 Å². The molecule has 0 saturated carbocycles. The van der Waals surface area contributed by atoms with Crippen molar-refractivity contribution >= 4 is 28.9 Å². The molecule has 0 spiro atoms. The number of carboxylic acids is 1. The van der Waals surface area contributed by atoms with Crippen LogP contribution in [0.5, 0.6) is 0 Å². The molecule has 0 aliphatic rings. The summed E-state index contributed by atoms with van der Waals surface area (Å²) in [7, 11) is 0. The van der Waals surface area contributed by atoms with Gasteiger partial charge < -0.3 is 5.11 Å². The molecule has 82 valence electrons. The van der Waals surface area contributed by atoms with E-state index in [0.717, 1.165) is 10.6 Å². The lowest BCUT2D eigenvalue weighted by Crippen LogP contribution is -2.19. The second-order valence-electron chi connectivity index (χ2n) is 2.87. The molecule has 0 radical (unpaired) electrons. The maximum absolute atomic E-state index is 11.6. The van der Waals surface area contributed by atoms with Gasteiger partial charge in [0.2, 0.25) is 0 Å². The van der Waals surface area contributed by atoms with Gasteiger partial charge in [0.05, 0.1) is 5.56 Å². The molecule has 7 heteroatoms. The molecule has 0 saturated heterocycles. The summed E-state index contributed by atoms with van der Waals surface area (Å²) in [6, 6.07) is 1.12. The Morgan fingerprint density at radius 2 is 2.31 bits per heavy atom. The van der Waals surface area contributed by atoms with E-state index in [0.29, 0.717) is 5.13 Å². The third-order valence-corrected chi connectivity index (χ3v) is 2.89. The molecule has 0 fully saturated rings. The third kappa shape index (κ3) is 1.84. The predicted molar refractivity (Wildman–Crippen MR) is 59.7 cm³/mol. The van der Waals surface area contributed by atoms with Crippen LogP contribution in [0.2, 0.25) is 5.02 Å². The fourth-order valence-electron chi connectivity index (χ4n) is 1.14. The van der Waals surface area contributed by atoms with Crippen molar-refractivity contribution in [2.24, 2.45) is 0 Å². The van der Waals surface area contributed by atoms with Gasteiger partial charge in [0.1, 0.15) is 5.02 Å². The minimum absolute atomic E-state index is 0.0557. The van der Waals surface area contributed by atoms with Gasteiger partial charge in [-0.05, 0) is 6.07 Å². The Labute approximate surface area is 98.6 Å². The molecule has 2 aromatic heterocycles. The summed E-state index contributed by atoms with van der Waals surface area (Å²) in [6.45, 7) is 0. The number of carbonyl (C=O) groups is 1. The van der Waals surface area contributed by atoms with E-state index in [1.807, 2.05) is 0 Å². The number of hydrogen-bond acceptors (Lipinski definition) is 4. The van der Waals surface area contributed by atoms with Gasteiger partial charge in [0.25, 0.3) is 5.56 Å². The first-order valence-corrected chi connectivity index (χ1v) is 5.40. The highest BCUT2D eigenvalue weighted by atomic mass is 35.5. The summed E-state index contributed by atoms with van der Waals surface area (Å²) in [5.41, 5.74) is -0.540. The van der Waals surface area contributed by atoms with Crippen molar-refractivity contribution in [1.82, 2.24) is 9.55 Å². The zero-order chi connectivity index (χ0) is 11.7. The third-order valence-electron chi connectivity index (χ3n) is 1.85. The standard InChI is InChI=1S/C9H5ClN2O3S/c10-6-3-5(8(14)15)4-12(7(6)13)9-11-1-2-16-9/h1-4H,(H,14,15). The lowest BCUT2D eigenvalue weighted by Gasteiger charge is -2.03. The van der Waals surface area contributed by atoms with Gasteiger partial charge in [-0.3, -0.25) is 9.36 Å². The monoisotopic (exact) mass is 256 g/mol. The zero-order valence-electron chi connectivity index (χ0n) is 7.75. The number of rotatable bonds is 2. The molecule has 0 atom stereocenters. The quantitative estimate of drug-likeness (QED) is 0.887. The molecule has 16 heavy (non-hydrogen) atoms. The van der Waals surface area contributed by atoms with Crippen molar-refractivity contribution in [2.75, 3.05) is 0 Å². The molecule has 0 bridgehead atoms. The van der Waals surface area contributed by atoms with E-state index in [2.05, 4.69) is 4.98 Å². The highest BCUT2D eigenvalue weighted by Gasteiger charge is 2.12. The SMILES string of the molecule is O=C(O)c1cc(Cl)c(=O)n(-c2nccs2)c1. The first-order chi connectivity index (χ1) is 7.59. The molecular formula is C9H5ClN2O3S. The van der Waals surface area contributed by atoms with Crippen LogP contribution in [0.3, 0.4) is 0 Å². The van der Waals surface area contributed by atoms with Crippen molar-refractivity contribution < 1.29 is 9.90 Å². The Morgan fingerprint density at radius 1 is 1.56 bits per heavy atom. The predicted octanol–water partition coefficient (Wildman–Crippen LogP) is 1.65. The first kappa shape index (κ1) is 10.8. The zero-order valence-corrected chi connectivity index (χ0v) is 9.33. The van der Waals surface area contributed by atoms with E-state index in [9.17, 15) is 9.59 Å². The average molecular weight is 257 g/mol. The second-order valence-corrected chi connectivity index (χ2v) is 4.15. The summed E-state index contributed by atoms with van der Waals surface area (Å²) >= 11 is 6.88. The van der Waals surface area contributed by atoms with Crippen LogP contribution >= 0.6 is 22.9 Å². The fourth-order valence-corrected chi connectivity index (χ4v) is 1.97. The van der Waals surface area contributed by atoms with Crippen molar-refractivity contribution in [3.63, 3.8) is 0 Å². The number of aromatic carboxylic acids is 1. The summed E-state index contributed by atoms with van der Waals surface area (Å²) in [5, 5.41) is 10.8. The molecule has 0 amide bonds. The first-order valence-electron chi connectivity index (χ1n) is 4.15. The van der Waals surface area contributed by atoms with Gasteiger partial charge >= 0.3 is 5.97 Å². The van der Waals surface area contributed by atoms with Crippen LogP contribution in [-0.2, 0) is 0 Å². The molecule has 0 aliphatic heterocycles. The van der Waals surface area contributed by atoms with Crippen LogP contribution in [0.4, 0.5) is 0 Å². The number of pyridine rings is 1. The number of carboxylic acid groups (broad SMARTS) is 1. The number of aromatic nitrogens is 2. The summed E-state index contributed by atoms with van der Waals surface area (Å²) in [6.07, 6.45) is 2.73. The highest BCUT2D eigenvalue weighted by molar-refractivity contribution is 7.12. The summed E-state index contributed by atoms with van der Waals surface area (Å²) < 4.78 is 1.12. The van der Waals surface area contributed by atoms with Crippen molar-refractivity contribution in [3.05, 3.63) is 44.8 Å². The van der Waals surface area contributed by atoms with Gasteiger partial charge in [-0.15, -0.1) is 11.3 Å². The van der Waals surface area contributed by atoms with Gasteiger partial charge in [-0.1, -0.05) is 11.6 Å². The minimum atomic E-state index is -1.15. The number of hydrogen-bond donors (Lipinski definition) is 1. The molecule has 0 aliphatic carbocycles. The number of nitrogens with zero attached hydrogens (tertiary/aromatic N) is 2. The normalized spacial score (nSPS) is 10.3. The molecule has 2 heterocycles. The van der Waals surface area contributed by atoms with E-state index < -0.39 is 11.5 Å². The largest absolute Gasteiger partial charge is 0.478 e. The van der Waals surface area contributed by atoms with Crippen LogP contribution in [0, 0.1) is 0 Å². The molecule has 5 nitrogen and oxygen atoms in total. The number of thiazole rings is 1. The van der Waals surface area contributed by atoms with Crippen LogP contribution < -0.4 is 5.56 Å². The average Bonchev–Trinajstić information content (AvgIpc) is 2.74. The van der Waals surface area contributed by atoms with Crippen molar-refractivity contribution in [2.45, 2.75) is 0 Å². The van der Waals surface area contributed by atoms with Crippen LogP contribution in [0.1, 0.15) is 10.4 Å². The van der Waals surface area contributed by atoms with Crippen LogP contribution in [-0.4, -0.2) is 20.6 Å². The van der Waals surface area contributed by atoms with Gasteiger partial charge in [-0.2, -0.15) is 0 Å². The Kier molecular flexibility index (Phi) is 2.76. The lowest BCUT2D eigenvalue weighted by molar-refractivity contribution is 0.0696. The highest BCUT2D eigenvalue weighted by Crippen LogP contribution is 2.13. The van der Waals surface area contributed by atoms with Crippen LogP contribution in [0.15, 0.2) is 28.6 Å². The lowest BCUT2D eigenvalue weighted by atomic mass is 10.3. The van der Waals surface area contributed by atoms with E-state index in [-0.39, 0.29) is 10.6 Å². The van der Waals surface area contributed by atoms with Gasteiger partial charge in [0.15, 0.2) is 5.13 Å². The Morgan fingerprint density at radius 3 is 2.88 bits per heavy atom. The van der Waals surface area contributed by atoms with E-state index in [1.165, 1.54) is 23.7 Å². The Balaban J connectivity index is 2.70. The minimum Gasteiger partial charge on any atom is -0.478 e. The van der Waals surface area contributed by atoms with Crippen molar-refractivity contribution in [3.8, 4) is 5.13 Å². The van der Waals surface area contributed by atoms with E-state index in [4.69, 9.17) is 16.7 Å². The second kappa shape index (κ2) is 4.07. The topological polar surface area (TPSA) is 72.2 Å². The molecule has 2 rings (SSSR count). The molecule has 0 unspecified atom stereocenters. The Hall–Kier alpha value is -1.66. The molecule has 0 aromatic carbocycles. The van der Waals surface area contributed by atoms with Gasteiger partial charge in [-0.25, -0.2) is 9.78 Å². The van der Waals surface area contributed by atoms with E-state index >= 15 is 0 Å². The van der Waals surface area contributed by atoms with E-state index in [1.54, 1.807) is 5.38 Å². The maximum atomic E-state index is 11.6. The summed E-state index contributed by atoms with van der Waals surface area (Å²) in [4.78, 5) is 26.4. The smallest absolute Gasteiger partial charge is 0.337 e. The van der Waals surface area contributed by atoms with Crippen LogP contribution in [0.25, 0.3) is 5.13 Å².